The Labute approximate surface area is 170 Å². The van der Waals surface area contributed by atoms with Gasteiger partial charge in [0.2, 0.25) is 0 Å². The van der Waals surface area contributed by atoms with Crippen molar-refractivity contribution in [1.29, 1.82) is 0 Å². The predicted octanol–water partition coefficient (Wildman–Crippen LogP) is 2.37. The molecule has 0 aliphatic heterocycles. The molecule has 1 saturated carbocycles. The number of nitrogens with one attached hydrogen (secondary N) is 1. The molecular weight excluding hydrogens is 385 g/mol. The number of aliphatic hydroxyl groups is 3. The lowest BCUT2D eigenvalue weighted by Crippen LogP contribution is -2.54. The van der Waals surface area contributed by atoms with Gasteiger partial charge in [-0.15, -0.1) is 0 Å². The summed E-state index contributed by atoms with van der Waals surface area (Å²) < 4.78 is 19.0. The van der Waals surface area contributed by atoms with Crippen LogP contribution in [0.15, 0.2) is 35.9 Å². The maximum absolute atomic E-state index is 13.0. The Balaban J connectivity index is 1.40. The molecule has 7 heteroatoms. The van der Waals surface area contributed by atoms with E-state index in [0.717, 1.165) is 36.3 Å². The van der Waals surface area contributed by atoms with Gasteiger partial charge in [-0.2, -0.15) is 0 Å². The van der Waals surface area contributed by atoms with Crippen LogP contribution in [0.4, 0.5) is 4.39 Å². The third kappa shape index (κ3) is 5.53. The third-order valence-corrected chi connectivity index (χ3v) is 6.06. The number of hydrogen-bond acceptors (Lipinski definition) is 5. The summed E-state index contributed by atoms with van der Waals surface area (Å²) in [5, 5.41) is 33.7. The molecule has 0 spiro atoms. The van der Waals surface area contributed by atoms with Crippen LogP contribution >= 0.6 is 11.6 Å². The van der Waals surface area contributed by atoms with Crippen molar-refractivity contribution in [3.63, 3.8) is 0 Å². The van der Waals surface area contributed by atoms with Crippen molar-refractivity contribution in [3.05, 3.63) is 46.5 Å². The molecule has 1 aromatic rings. The lowest BCUT2D eigenvalue weighted by Gasteiger charge is -2.36. The van der Waals surface area contributed by atoms with Crippen LogP contribution < -0.4 is 5.32 Å². The van der Waals surface area contributed by atoms with E-state index in [1.165, 1.54) is 6.08 Å². The SMILES string of the molecule is O[C@@H]1[C@@H](O)[C@@H](O)C(CF)=C[C@H]1NCC1CCC(OCc2ccc(Cl)cc2)CC1. The molecule has 0 bridgehead atoms. The molecule has 28 heavy (non-hydrogen) atoms. The number of benzene rings is 1. The second-order valence-corrected chi connectivity index (χ2v) is 8.25. The molecule has 0 amide bonds. The quantitative estimate of drug-likeness (QED) is 0.516. The third-order valence-electron chi connectivity index (χ3n) is 5.80. The van der Waals surface area contributed by atoms with Crippen LogP contribution in [0.25, 0.3) is 0 Å². The zero-order valence-electron chi connectivity index (χ0n) is 15.8. The fourth-order valence-electron chi connectivity index (χ4n) is 3.95. The number of alkyl halides is 1. The van der Waals surface area contributed by atoms with Gasteiger partial charge in [-0.1, -0.05) is 29.8 Å². The fraction of sp³-hybridized carbons (Fsp3) is 0.619. The number of rotatable bonds is 7. The van der Waals surface area contributed by atoms with Crippen LogP contribution in [0.3, 0.4) is 0 Å². The molecular formula is C21H29ClFNO4. The average Bonchev–Trinajstić information content (AvgIpc) is 2.72. The molecule has 2 aliphatic rings. The van der Waals surface area contributed by atoms with Crippen LogP contribution in [0.2, 0.25) is 5.02 Å². The first-order valence-electron chi connectivity index (χ1n) is 9.88. The Kier molecular flexibility index (Phi) is 7.85. The minimum Gasteiger partial charge on any atom is -0.388 e. The molecule has 5 nitrogen and oxygen atoms in total. The second-order valence-electron chi connectivity index (χ2n) is 7.82. The highest BCUT2D eigenvalue weighted by molar-refractivity contribution is 6.30. The smallest absolute Gasteiger partial charge is 0.113 e. The maximum atomic E-state index is 13.0. The minimum atomic E-state index is -1.37. The maximum Gasteiger partial charge on any atom is 0.113 e. The summed E-state index contributed by atoms with van der Waals surface area (Å²) >= 11 is 5.89. The Hall–Kier alpha value is -1.02. The molecule has 0 radical (unpaired) electrons. The number of hydrogen-bond donors (Lipinski definition) is 4. The summed E-state index contributed by atoms with van der Waals surface area (Å²) in [5.41, 5.74) is 1.23. The normalized spacial score (nSPS) is 33.5. The highest BCUT2D eigenvalue weighted by Crippen LogP contribution is 2.27. The summed E-state index contributed by atoms with van der Waals surface area (Å²) in [5.74, 6) is 0.439. The first-order valence-corrected chi connectivity index (χ1v) is 10.3. The molecule has 1 fully saturated rings. The van der Waals surface area contributed by atoms with Gasteiger partial charge in [0.05, 0.1) is 18.8 Å². The van der Waals surface area contributed by atoms with Crippen LogP contribution in [-0.4, -0.2) is 59.0 Å². The summed E-state index contributed by atoms with van der Waals surface area (Å²) in [6.07, 6.45) is 1.84. The molecule has 0 saturated heterocycles. The molecule has 2 aliphatic carbocycles. The zero-order chi connectivity index (χ0) is 20.1. The van der Waals surface area contributed by atoms with Crippen molar-refractivity contribution >= 4 is 11.6 Å². The summed E-state index contributed by atoms with van der Waals surface area (Å²) in [7, 11) is 0. The highest BCUT2D eigenvalue weighted by Gasteiger charge is 2.37. The van der Waals surface area contributed by atoms with Crippen LogP contribution in [0.1, 0.15) is 31.2 Å². The Morgan fingerprint density at radius 1 is 1.04 bits per heavy atom. The van der Waals surface area contributed by atoms with E-state index in [-0.39, 0.29) is 11.7 Å². The first-order chi connectivity index (χ1) is 13.5. The van der Waals surface area contributed by atoms with Gasteiger partial charge in [0.15, 0.2) is 0 Å². The molecule has 0 aromatic heterocycles. The van der Waals surface area contributed by atoms with Gasteiger partial charge in [-0.25, -0.2) is 4.39 Å². The molecule has 4 N–H and O–H groups in total. The number of aliphatic hydroxyl groups excluding tert-OH is 3. The Morgan fingerprint density at radius 2 is 1.71 bits per heavy atom. The van der Waals surface area contributed by atoms with E-state index < -0.39 is 31.0 Å². The fourth-order valence-corrected chi connectivity index (χ4v) is 4.08. The Morgan fingerprint density at radius 3 is 2.36 bits per heavy atom. The zero-order valence-corrected chi connectivity index (χ0v) is 16.6. The van der Waals surface area contributed by atoms with Crippen molar-refractivity contribution in [2.24, 2.45) is 5.92 Å². The van der Waals surface area contributed by atoms with Crippen molar-refractivity contribution in [1.82, 2.24) is 5.32 Å². The van der Waals surface area contributed by atoms with Crippen molar-refractivity contribution in [3.8, 4) is 0 Å². The molecule has 0 heterocycles. The van der Waals surface area contributed by atoms with Gasteiger partial charge < -0.3 is 25.4 Å². The highest BCUT2D eigenvalue weighted by atomic mass is 35.5. The summed E-state index contributed by atoms with van der Waals surface area (Å²) in [6.45, 7) is 0.416. The van der Waals surface area contributed by atoms with E-state index >= 15 is 0 Å². The second kappa shape index (κ2) is 10.1. The van der Waals surface area contributed by atoms with Gasteiger partial charge in [-0.3, -0.25) is 0 Å². The lowest BCUT2D eigenvalue weighted by molar-refractivity contribution is -0.0636. The van der Waals surface area contributed by atoms with E-state index in [2.05, 4.69) is 5.32 Å². The largest absolute Gasteiger partial charge is 0.388 e. The van der Waals surface area contributed by atoms with E-state index in [1.807, 2.05) is 24.3 Å². The van der Waals surface area contributed by atoms with Gasteiger partial charge in [0, 0.05) is 5.02 Å². The van der Waals surface area contributed by atoms with Gasteiger partial charge >= 0.3 is 0 Å². The van der Waals surface area contributed by atoms with E-state index in [4.69, 9.17) is 16.3 Å². The standard InChI is InChI=1S/C21H29ClFNO4/c22-16-5-1-14(2-6-16)12-28-17-7-3-13(4-8-17)11-24-18-9-15(10-23)19(25)21(27)20(18)26/h1-2,5-6,9,13,17-21,24-27H,3-4,7-8,10-12H2/t13?,17?,18-,19+,20+,21+/m1/s1. The van der Waals surface area contributed by atoms with Gasteiger partial charge in [-0.05, 0) is 61.4 Å². The number of ether oxygens (including phenoxy) is 1. The van der Waals surface area contributed by atoms with Gasteiger partial charge in [0.1, 0.15) is 25.0 Å². The average molecular weight is 414 g/mol. The first kappa shape index (κ1) is 21.7. The predicted molar refractivity (Wildman–Crippen MR) is 106 cm³/mol. The topological polar surface area (TPSA) is 82.0 Å². The Bertz CT molecular complexity index is 648. The van der Waals surface area contributed by atoms with Crippen LogP contribution in [0, 0.1) is 5.92 Å². The van der Waals surface area contributed by atoms with E-state index in [0.29, 0.717) is 19.1 Å². The molecule has 4 atom stereocenters. The summed E-state index contributed by atoms with van der Waals surface area (Å²) in [6, 6.07) is 7.11. The monoisotopic (exact) mass is 413 g/mol. The molecule has 0 unspecified atom stereocenters. The molecule has 1 aromatic carbocycles. The van der Waals surface area contributed by atoms with E-state index in [1.54, 1.807) is 0 Å². The van der Waals surface area contributed by atoms with Crippen LogP contribution in [-0.2, 0) is 11.3 Å². The summed E-state index contributed by atoms with van der Waals surface area (Å²) in [4.78, 5) is 0. The van der Waals surface area contributed by atoms with Gasteiger partial charge in [0.25, 0.3) is 0 Å². The molecule has 3 rings (SSSR count). The van der Waals surface area contributed by atoms with Crippen molar-refractivity contribution in [2.45, 2.75) is 62.7 Å². The van der Waals surface area contributed by atoms with Crippen LogP contribution in [0.5, 0.6) is 0 Å². The molecule has 156 valence electrons. The lowest BCUT2D eigenvalue weighted by atomic mass is 9.85. The van der Waals surface area contributed by atoms with Crippen molar-refractivity contribution in [2.75, 3.05) is 13.2 Å². The number of halogens is 2. The van der Waals surface area contributed by atoms with E-state index in [9.17, 15) is 19.7 Å². The van der Waals surface area contributed by atoms with Crippen molar-refractivity contribution < 1.29 is 24.4 Å². The minimum absolute atomic E-state index is 0.120.